The lowest BCUT2D eigenvalue weighted by Gasteiger charge is -2.07. The number of furan rings is 1. The maximum Gasteiger partial charge on any atom is 0.135 e. The van der Waals surface area contributed by atoms with Crippen LogP contribution in [-0.4, -0.2) is 7.05 Å². The first-order chi connectivity index (χ1) is 8.52. The molecule has 96 valence electrons. The summed E-state index contributed by atoms with van der Waals surface area (Å²) in [4.78, 5) is 0. The van der Waals surface area contributed by atoms with Crippen LogP contribution in [0, 0.1) is 6.92 Å². The van der Waals surface area contributed by atoms with Crippen LogP contribution in [-0.2, 0) is 0 Å². The molecule has 1 aromatic heterocycles. The van der Waals surface area contributed by atoms with Gasteiger partial charge in [0.25, 0.3) is 0 Å². The second-order valence-electron chi connectivity index (χ2n) is 4.29. The van der Waals surface area contributed by atoms with E-state index in [2.05, 4.69) is 28.2 Å². The van der Waals surface area contributed by atoms with Gasteiger partial charge in [-0.05, 0) is 50.7 Å². The van der Waals surface area contributed by atoms with Crippen LogP contribution in [0.15, 0.2) is 33.2 Å². The molecule has 18 heavy (non-hydrogen) atoms. The van der Waals surface area contributed by atoms with Gasteiger partial charge in [-0.3, -0.25) is 0 Å². The number of rotatable bonds is 3. The third-order valence-corrected chi connectivity index (χ3v) is 4.06. The van der Waals surface area contributed by atoms with Gasteiger partial charge >= 0.3 is 0 Å². The maximum atomic E-state index is 6.16. The zero-order valence-corrected chi connectivity index (χ0v) is 12.9. The molecule has 2 aromatic rings. The number of aryl methyl sites for hydroxylation is 1. The van der Waals surface area contributed by atoms with Crippen molar-refractivity contribution in [3.8, 4) is 11.3 Å². The van der Waals surface area contributed by atoms with Crippen LogP contribution < -0.4 is 5.32 Å². The number of hydrogen-bond acceptors (Lipinski definition) is 2. The minimum Gasteiger partial charge on any atom is -0.459 e. The van der Waals surface area contributed by atoms with E-state index < -0.39 is 0 Å². The highest BCUT2D eigenvalue weighted by Gasteiger charge is 2.13. The zero-order valence-electron chi connectivity index (χ0n) is 10.6. The highest BCUT2D eigenvalue weighted by atomic mass is 79.9. The fourth-order valence-electron chi connectivity index (χ4n) is 1.71. The molecule has 1 N–H and O–H groups in total. The normalized spacial score (nSPS) is 12.7. The largest absolute Gasteiger partial charge is 0.459 e. The van der Waals surface area contributed by atoms with Gasteiger partial charge in [-0.1, -0.05) is 27.5 Å². The van der Waals surface area contributed by atoms with Crippen LogP contribution in [0.5, 0.6) is 0 Å². The van der Waals surface area contributed by atoms with Crippen molar-refractivity contribution in [2.45, 2.75) is 19.9 Å². The predicted octanol–water partition coefficient (Wildman–Crippen LogP) is 4.95. The molecular formula is C14H15BrClNO. The van der Waals surface area contributed by atoms with Crippen molar-refractivity contribution in [1.29, 1.82) is 0 Å². The summed E-state index contributed by atoms with van der Waals surface area (Å²) in [6, 6.07) is 8.07. The fraction of sp³-hybridized carbons (Fsp3) is 0.286. The minimum absolute atomic E-state index is 0.193. The topological polar surface area (TPSA) is 25.2 Å². The Kier molecular flexibility index (Phi) is 4.15. The summed E-state index contributed by atoms with van der Waals surface area (Å²) < 4.78 is 6.84. The first-order valence-corrected chi connectivity index (χ1v) is 6.93. The van der Waals surface area contributed by atoms with E-state index in [1.54, 1.807) is 0 Å². The van der Waals surface area contributed by atoms with Gasteiger partial charge in [-0.2, -0.15) is 0 Å². The number of nitrogens with one attached hydrogen (secondary N) is 1. The van der Waals surface area contributed by atoms with E-state index in [-0.39, 0.29) is 6.04 Å². The monoisotopic (exact) mass is 327 g/mol. The number of hydrogen-bond donors (Lipinski definition) is 1. The van der Waals surface area contributed by atoms with Crippen molar-refractivity contribution in [2.75, 3.05) is 7.05 Å². The first kappa shape index (κ1) is 13.7. The third-order valence-electron chi connectivity index (χ3n) is 3.00. The second kappa shape index (κ2) is 5.47. The summed E-state index contributed by atoms with van der Waals surface area (Å²) in [5.74, 6) is 1.73. The van der Waals surface area contributed by atoms with E-state index in [0.717, 1.165) is 32.1 Å². The van der Waals surface area contributed by atoms with E-state index in [1.807, 2.05) is 38.2 Å². The Morgan fingerprint density at radius 2 is 2.06 bits per heavy atom. The van der Waals surface area contributed by atoms with Crippen molar-refractivity contribution >= 4 is 27.5 Å². The lowest BCUT2D eigenvalue weighted by molar-refractivity contribution is 0.458. The Labute approximate surface area is 120 Å². The molecule has 0 saturated heterocycles. The minimum atomic E-state index is 0.193. The molecule has 1 heterocycles. The molecule has 0 aliphatic rings. The number of halogens is 2. The lowest BCUT2D eigenvalue weighted by Crippen LogP contribution is -2.11. The first-order valence-electron chi connectivity index (χ1n) is 5.76. The molecule has 1 atom stereocenters. The molecule has 2 rings (SSSR count). The molecule has 1 unspecified atom stereocenters. The van der Waals surface area contributed by atoms with Gasteiger partial charge in [0, 0.05) is 15.1 Å². The van der Waals surface area contributed by atoms with Crippen LogP contribution >= 0.6 is 27.5 Å². The zero-order chi connectivity index (χ0) is 13.3. The van der Waals surface area contributed by atoms with Gasteiger partial charge in [-0.15, -0.1) is 0 Å². The summed E-state index contributed by atoms with van der Waals surface area (Å²) in [6.07, 6.45) is 0. The summed E-state index contributed by atoms with van der Waals surface area (Å²) in [5, 5.41) is 3.89. The fourth-order valence-corrected chi connectivity index (χ4v) is 2.52. The van der Waals surface area contributed by atoms with Crippen LogP contribution in [0.25, 0.3) is 11.3 Å². The summed E-state index contributed by atoms with van der Waals surface area (Å²) in [6.45, 7) is 4.04. The van der Waals surface area contributed by atoms with E-state index in [0.29, 0.717) is 0 Å². The molecule has 0 aliphatic heterocycles. The van der Waals surface area contributed by atoms with Gasteiger partial charge in [0.15, 0.2) is 0 Å². The van der Waals surface area contributed by atoms with Crippen molar-refractivity contribution < 1.29 is 4.42 Å². The van der Waals surface area contributed by atoms with E-state index >= 15 is 0 Å². The van der Waals surface area contributed by atoms with Crippen molar-refractivity contribution in [3.63, 3.8) is 0 Å². The molecule has 2 nitrogen and oxygen atoms in total. The van der Waals surface area contributed by atoms with Crippen LogP contribution in [0.3, 0.4) is 0 Å². The summed E-state index contributed by atoms with van der Waals surface area (Å²) >= 11 is 9.70. The van der Waals surface area contributed by atoms with Gasteiger partial charge in [-0.25, -0.2) is 0 Å². The van der Waals surface area contributed by atoms with Crippen molar-refractivity contribution in [3.05, 3.63) is 45.1 Å². The third kappa shape index (κ3) is 2.63. The highest BCUT2D eigenvalue weighted by Crippen LogP contribution is 2.34. The van der Waals surface area contributed by atoms with Crippen LogP contribution in [0.1, 0.15) is 24.3 Å². The molecule has 0 saturated carbocycles. The standard InChI is InChI=1S/C14H15BrClNO/c1-8-6-11(15)10(7-12(8)16)14-5-4-13(18-14)9(2)17-3/h4-7,9,17H,1-3H3. The summed E-state index contributed by atoms with van der Waals surface area (Å²) in [5.41, 5.74) is 2.02. The van der Waals surface area contributed by atoms with E-state index in [9.17, 15) is 0 Å². The Morgan fingerprint density at radius 3 is 2.72 bits per heavy atom. The molecule has 4 heteroatoms. The molecule has 0 amide bonds. The van der Waals surface area contributed by atoms with E-state index in [4.69, 9.17) is 16.0 Å². The van der Waals surface area contributed by atoms with Gasteiger partial charge in [0.1, 0.15) is 11.5 Å². The molecule has 0 spiro atoms. The van der Waals surface area contributed by atoms with Crippen molar-refractivity contribution in [1.82, 2.24) is 5.32 Å². The van der Waals surface area contributed by atoms with Crippen LogP contribution in [0.4, 0.5) is 0 Å². The molecule has 0 aliphatic carbocycles. The summed E-state index contributed by atoms with van der Waals surface area (Å²) in [7, 11) is 1.91. The average Bonchev–Trinajstić information content (AvgIpc) is 2.82. The molecule has 1 aromatic carbocycles. The second-order valence-corrected chi connectivity index (χ2v) is 5.56. The Hall–Kier alpha value is -0.770. The average molecular weight is 329 g/mol. The van der Waals surface area contributed by atoms with Gasteiger partial charge < -0.3 is 9.73 Å². The number of benzene rings is 1. The smallest absolute Gasteiger partial charge is 0.135 e. The highest BCUT2D eigenvalue weighted by molar-refractivity contribution is 9.10. The molecule has 0 bridgehead atoms. The maximum absolute atomic E-state index is 6.16. The Bertz CT molecular complexity index is 565. The van der Waals surface area contributed by atoms with Crippen LogP contribution in [0.2, 0.25) is 5.02 Å². The SMILES string of the molecule is CNC(C)c1ccc(-c2cc(Cl)c(C)cc2Br)o1. The van der Waals surface area contributed by atoms with E-state index in [1.165, 1.54) is 0 Å². The Balaban J connectivity index is 2.43. The van der Waals surface area contributed by atoms with Crippen molar-refractivity contribution in [2.24, 2.45) is 0 Å². The predicted molar refractivity (Wildman–Crippen MR) is 79.1 cm³/mol. The molecular weight excluding hydrogens is 314 g/mol. The molecule has 0 fully saturated rings. The molecule has 0 radical (unpaired) electrons. The van der Waals surface area contributed by atoms with Gasteiger partial charge in [0.05, 0.1) is 6.04 Å². The quantitative estimate of drug-likeness (QED) is 0.862. The lowest BCUT2D eigenvalue weighted by atomic mass is 10.1. The van der Waals surface area contributed by atoms with Gasteiger partial charge in [0.2, 0.25) is 0 Å². The Morgan fingerprint density at radius 1 is 1.33 bits per heavy atom.